The highest BCUT2D eigenvalue weighted by atomic mass is 16.7. The average molecular weight is 1140 g/mol. The Hall–Kier alpha value is -3.68. The van der Waals surface area contributed by atoms with Crippen LogP contribution in [-0.4, -0.2) is 244 Å². The molecule has 3 saturated heterocycles. The van der Waals surface area contributed by atoms with Gasteiger partial charge in [-0.15, -0.1) is 0 Å². The number of allylic oxidation sites excluding steroid dienone is 12. The summed E-state index contributed by atoms with van der Waals surface area (Å²) in [6.07, 6.45) is -3.60. The number of aliphatic hydroxyl groups is 14. The molecule has 0 aromatic carbocycles. The fraction of sp³-hybridized carbons (Fsp3) is 0.714. The zero-order valence-electron chi connectivity index (χ0n) is 46.6. The predicted molar refractivity (Wildman–Crippen MR) is 289 cm³/mol. The van der Waals surface area contributed by atoms with Crippen LogP contribution in [0.1, 0.15) is 79.1 Å². The number of nitrogens with zero attached hydrogens (tertiary/aromatic N) is 1. The van der Waals surface area contributed by atoms with E-state index >= 15 is 0 Å². The summed E-state index contributed by atoms with van der Waals surface area (Å²) in [5.74, 6) is -8.50. The number of hydrogen-bond acceptors (Lipinski definition) is 23. The molecule has 456 valence electrons. The molecule has 0 aliphatic carbocycles. The summed E-state index contributed by atoms with van der Waals surface area (Å²) < 4.78 is 29.0. The van der Waals surface area contributed by atoms with Gasteiger partial charge >= 0.3 is 5.97 Å². The molecule has 4 aliphatic heterocycles. The first kappa shape index (κ1) is 68.8. The second-order valence-electron chi connectivity index (χ2n) is 21.9. The lowest BCUT2D eigenvalue weighted by atomic mass is 9.82. The Labute approximate surface area is 468 Å². The third-order valence-electron chi connectivity index (χ3n) is 14.8. The van der Waals surface area contributed by atoms with Gasteiger partial charge in [0, 0.05) is 44.2 Å². The lowest BCUT2D eigenvalue weighted by molar-refractivity contribution is -0.310. The summed E-state index contributed by atoms with van der Waals surface area (Å²) in [5, 5.41) is 159. The molecule has 0 unspecified atom stereocenters. The normalized spacial score (nSPS) is 44.9. The second-order valence-corrected chi connectivity index (χ2v) is 21.9. The smallest absolute Gasteiger partial charge is 0.308 e. The average Bonchev–Trinajstić information content (AvgIpc) is 3.56. The van der Waals surface area contributed by atoms with Gasteiger partial charge in [-0.25, -0.2) is 0 Å². The van der Waals surface area contributed by atoms with E-state index in [1.54, 1.807) is 101 Å². The van der Waals surface area contributed by atoms with E-state index in [9.17, 15) is 81.1 Å². The summed E-state index contributed by atoms with van der Waals surface area (Å²) in [4.78, 5) is 28.5. The molecule has 0 spiro atoms. The van der Waals surface area contributed by atoms with Crippen molar-refractivity contribution in [3.8, 4) is 0 Å². The van der Waals surface area contributed by atoms with Crippen LogP contribution in [0.25, 0.3) is 0 Å². The van der Waals surface area contributed by atoms with Gasteiger partial charge in [0.2, 0.25) is 11.7 Å². The number of rotatable bonds is 9. The first-order valence-corrected chi connectivity index (χ1v) is 27.5. The quantitative estimate of drug-likeness (QED) is 0.108. The summed E-state index contributed by atoms with van der Waals surface area (Å²) >= 11 is 0. The molecule has 4 rings (SSSR count). The van der Waals surface area contributed by atoms with Gasteiger partial charge in [-0.05, 0) is 53.6 Å². The minimum atomic E-state index is -2.55. The van der Waals surface area contributed by atoms with Crippen molar-refractivity contribution in [2.45, 2.75) is 201 Å². The number of amides is 1. The zero-order valence-corrected chi connectivity index (χ0v) is 46.6. The van der Waals surface area contributed by atoms with E-state index in [2.05, 4.69) is 10.6 Å². The van der Waals surface area contributed by atoms with Gasteiger partial charge in [0.25, 0.3) is 0 Å². The minimum absolute atomic E-state index is 0.156. The van der Waals surface area contributed by atoms with Crippen LogP contribution >= 0.6 is 0 Å². The number of ether oxygens (including phenoxy) is 5. The van der Waals surface area contributed by atoms with Crippen molar-refractivity contribution in [1.82, 2.24) is 15.5 Å². The van der Waals surface area contributed by atoms with Crippen molar-refractivity contribution < 1.29 is 105 Å². The van der Waals surface area contributed by atoms with Crippen LogP contribution in [0.5, 0.6) is 0 Å². The third-order valence-corrected chi connectivity index (χ3v) is 14.8. The molecule has 0 radical (unpaired) electrons. The summed E-state index contributed by atoms with van der Waals surface area (Å²) in [7, 11) is 3.58. The van der Waals surface area contributed by atoms with Crippen LogP contribution in [0.2, 0.25) is 0 Å². The minimum Gasteiger partial charge on any atom is -0.462 e. The number of carbonyl (C=O) groups is 2. The topological polar surface area (TPSA) is 391 Å². The molecule has 24 nitrogen and oxygen atoms in total. The van der Waals surface area contributed by atoms with Crippen molar-refractivity contribution in [2.24, 2.45) is 17.8 Å². The van der Waals surface area contributed by atoms with E-state index in [1.165, 1.54) is 13.0 Å². The molecule has 2 bridgehead atoms. The van der Waals surface area contributed by atoms with Gasteiger partial charge in [0.1, 0.15) is 24.4 Å². The molecular weight excluding hydrogens is 1050 g/mol. The van der Waals surface area contributed by atoms with Gasteiger partial charge in [0.15, 0.2) is 18.4 Å². The summed E-state index contributed by atoms with van der Waals surface area (Å²) in [6.45, 7) is 6.52. The van der Waals surface area contributed by atoms with Crippen LogP contribution in [0, 0.1) is 17.8 Å². The lowest BCUT2D eigenvalue weighted by Gasteiger charge is -2.46. The number of fused-ring (bicyclic) bond motifs is 2. The molecule has 23 atom stereocenters. The van der Waals surface area contributed by atoms with Crippen molar-refractivity contribution >= 4 is 11.9 Å². The van der Waals surface area contributed by atoms with Crippen molar-refractivity contribution in [1.29, 1.82) is 0 Å². The maximum atomic E-state index is 14.0. The Kier molecular flexibility index (Phi) is 28.4. The Morgan fingerprint density at radius 3 is 1.82 bits per heavy atom. The Balaban J connectivity index is 1.65. The molecule has 4 aliphatic rings. The fourth-order valence-electron chi connectivity index (χ4n) is 9.89. The first-order valence-electron chi connectivity index (χ1n) is 27.5. The highest BCUT2D eigenvalue weighted by Crippen LogP contribution is 2.39. The van der Waals surface area contributed by atoms with Crippen molar-refractivity contribution in [3.63, 3.8) is 0 Å². The number of likely N-dealkylation sites (N-methyl/N-ethyl adjacent to an activating group) is 1. The standard InChI is InChI=1S/C56H91N3O21/c1-32-19-17-15-13-11-9-7-8-10-12-14-16-18-20-39(78-54-49(69)46(48(68)35(4)77-54)58-31-56(75)51(71)50(70)53(73)80-56)28-43-45(52(72)57-23-24-59(5)6)42(65)30-55(74,79-43)29-41(64)40(63)22-21-36(60)25-37(61)26-38(62)27-44(66)76-34(3)33(2)47(32)67/h7-20,32-43,45-51,53-54,58,60-65,67-71,73-75H,21-31H2,1-6H3,(H,57,72)/b8-7+,11-9+,12-10+,15-13+,16-14+,19-17+,20-18+/t32-,33-,34-,35+,36+,37+,38+,39-,40+,41+,42-,43-,45+,46-,47+,48+,49-,50-,51-,53+,54-,55+,56-/m0/s1. The Morgan fingerprint density at radius 1 is 0.662 bits per heavy atom. The highest BCUT2D eigenvalue weighted by molar-refractivity contribution is 5.80. The van der Waals surface area contributed by atoms with E-state index in [0.717, 1.165) is 0 Å². The van der Waals surface area contributed by atoms with Crippen molar-refractivity contribution in [3.05, 3.63) is 85.1 Å². The molecule has 0 aromatic heterocycles. The van der Waals surface area contributed by atoms with Crippen LogP contribution < -0.4 is 10.6 Å². The number of nitrogens with one attached hydrogen (secondary N) is 2. The number of carbonyl (C=O) groups excluding carboxylic acids is 2. The Morgan fingerprint density at radius 2 is 1.24 bits per heavy atom. The van der Waals surface area contributed by atoms with E-state index in [-0.39, 0.29) is 44.6 Å². The SMILES string of the molecule is C[C@@H]1[C@H](O)[C@@H](C)/C=C/C=C/C=C/C=C/C=C/C=C/C=C/[C@H](O[C@@H]2O[C@H](C)[C@@H](O)[C@H](NC[C@]3(O)O[C@@H](O)[C@@H](O)[C@@H]3O)[C@@H]2O)C[C@@H]2O[C@](O)(C[C@@H](O)[C@H](O)CC[C@@H](O)C[C@@H](O)C[C@@H](O)CC(=O)O[C@H]1C)C[C@H](O)[C@H]2C(=O)NCCN(C)C. The molecule has 1 amide bonds. The third kappa shape index (κ3) is 21.5. The van der Waals surface area contributed by atoms with E-state index in [4.69, 9.17) is 23.7 Å². The molecular formula is C56H91N3O21. The van der Waals surface area contributed by atoms with E-state index < -0.39 is 171 Å². The fourth-order valence-corrected chi connectivity index (χ4v) is 9.89. The lowest BCUT2D eigenvalue weighted by Crippen LogP contribution is -2.65. The predicted octanol–water partition coefficient (Wildman–Crippen LogP) is -2.31. The van der Waals surface area contributed by atoms with E-state index in [0.29, 0.717) is 6.54 Å². The summed E-state index contributed by atoms with van der Waals surface area (Å²) in [5.41, 5.74) is 0. The molecule has 16 N–H and O–H groups in total. The number of cyclic esters (lactones) is 1. The molecule has 3 fully saturated rings. The maximum absolute atomic E-state index is 14.0. The van der Waals surface area contributed by atoms with Crippen molar-refractivity contribution in [2.75, 3.05) is 33.7 Å². The number of esters is 1. The summed E-state index contributed by atoms with van der Waals surface area (Å²) in [6, 6.07) is -1.36. The largest absolute Gasteiger partial charge is 0.462 e. The molecule has 0 aromatic rings. The van der Waals surface area contributed by atoms with Gasteiger partial charge in [-0.1, -0.05) is 98.9 Å². The van der Waals surface area contributed by atoms with Gasteiger partial charge < -0.3 is 111 Å². The number of aliphatic hydroxyl groups excluding tert-OH is 12. The van der Waals surface area contributed by atoms with Gasteiger partial charge in [-0.2, -0.15) is 0 Å². The van der Waals surface area contributed by atoms with Crippen LogP contribution in [0.15, 0.2) is 85.1 Å². The monoisotopic (exact) mass is 1140 g/mol. The molecule has 80 heavy (non-hydrogen) atoms. The van der Waals surface area contributed by atoms with E-state index in [1.807, 2.05) is 17.9 Å². The van der Waals surface area contributed by atoms with Crippen LogP contribution in [0.3, 0.4) is 0 Å². The highest BCUT2D eigenvalue weighted by Gasteiger charge is 2.55. The first-order chi connectivity index (χ1) is 37.6. The Bertz CT molecular complexity index is 2090. The molecule has 4 heterocycles. The van der Waals surface area contributed by atoms with Gasteiger partial charge in [-0.3, -0.25) is 9.59 Å². The van der Waals surface area contributed by atoms with Crippen LogP contribution in [0.4, 0.5) is 0 Å². The second kappa shape index (κ2) is 33.0. The zero-order chi connectivity index (χ0) is 59.5. The van der Waals surface area contributed by atoms with Gasteiger partial charge in [0.05, 0.1) is 92.1 Å². The molecule has 24 heteroatoms. The van der Waals surface area contributed by atoms with Crippen LogP contribution in [-0.2, 0) is 33.3 Å². The maximum Gasteiger partial charge on any atom is 0.308 e. The number of hydrogen-bond donors (Lipinski definition) is 16. The molecule has 0 saturated carbocycles.